The lowest BCUT2D eigenvalue weighted by Gasteiger charge is -2.38. The highest BCUT2D eigenvalue weighted by Gasteiger charge is 2.25. The molecule has 5 heteroatoms. The third kappa shape index (κ3) is 2.40. The monoisotopic (exact) mass is 291 g/mol. The third-order valence-electron chi connectivity index (χ3n) is 4.35. The van der Waals surface area contributed by atoms with Gasteiger partial charge in [0, 0.05) is 35.8 Å². The normalized spacial score (nSPS) is 24.4. The van der Waals surface area contributed by atoms with Crippen LogP contribution in [0.25, 0.3) is 4.96 Å². The van der Waals surface area contributed by atoms with E-state index in [0.717, 1.165) is 22.9 Å². The van der Waals surface area contributed by atoms with Crippen molar-refractivity contribution in [2.45, 2.75) is 58.7 Å². The molecule has 0 saturated carbocycles. The lowest BCUT2D eigenvalue weighted by atomic mass is 9.97. The quantitative estimate of drug-likeness (QED) is 0.854. The van der Waals surface area contributed by atoms with Crippen LogP contribution in [0.3, 0.4) is 0 Å². The predicted octanol–water partition coefficient (Wildman–Crippen LogP) is 2.83. The van der Waals surface area contributed by atoms with E-state index in [1.807, 2.05) is 12.3 Å². The Morgan fingerprint density at radius 1 is 1.35 bits per heavy atom. The number of aromatic nitrogens is 2. The average Bonchev–Trinajstić information content (AvgIpc) is 2.76. The van der Waals surface area contributed by atoms with Crippen LogP contribution in [0.15, 0.2) is 16.2 Å². The molecule has 1 saturated heterocycles. The standard InChI is InChI=1S/C15H21N3OS/c1-10-5-4-6-11(2)17(10)8-13-7-14(19)18-12(3)9-20-15(18)16-13/h7,9-11H,4-6,8H2,1-3H3/t10-,11-/m1/s1. The molecular weight excluding hydrogens is 270 g/mol. The Bertz CT molecular complexity index is 665. The first-order valence-corrected chi connectivity index (χ1v) is 8.17. The number of thiazole rings is 1. The van der Waals surface area contributed by atoms with Crippen molar-refractivity contribution < 1.29 is 0 Å². The molecule has 3 heterocycles. The first-order valence-electron chi connectivity index (χ1n) is 7.29. The van der Waals surface area contributed by atoms with Crippen LogP contribution in [0.5, 0.6) is 0 Å². The SMILES string of the molecule is Cc1csc2nc(CN3[C@H](C)CCC[C@H]3C)cc(=O)n12. The van der Waals surface area contributed by atoms with Gasteiger partial charge in [0.05, 0.1) is 5.69 Å². The summed E-state index contributed by atoms with van der Waals surface area (Å²) in [6.07, 6.45) is 3.78. The number of hydrogen-bond donors (Lipinski definition) is 0. The molecular formula is C15H21N3OS. The van der Waals surface area contributed by atoms with Crippen LogP contribution in [0.4, 0.5) is 0 Å². The van der Waals surface area contributed by atoms with Crippen LogP contribution >= 0.6 is 11.3 Å². The van der Waals surface area contributed by atoms with Crippen molar-refractivity contribution in [3.63, 3.8) is 0 Å². The largest absolute Gasteiger partial charge is 0.292 e. The molecule has 0 aliphatic carbocycles. The minimum absolute atomic E-state index is 0.0427. The third-order valence-corrected chi connectivity index (χ3v) is 5.29. The first-order chi connectivity index (χ1) is 9.56. The number of fused-ring (bicyclic) bond motifs is 1. The zero-order valence-corrected chi connectivity index (χ0v) is 13.1. The fourth-order valence-corrected chi connectivity index (χ4v) is 4.05. The van der Waals surface area contributed by atoms with Crippen molar-refractivity contribution in [3.05, 3.63) is 33.2 Å². The number of likely N-dealkylation sites (tertiary alicyclic amines) is 1. The maximum atomic E-state index is 12.2. The molecule has 0 spiro atoms. The first kappa shape index (κ1) is 13.8. The molecule has 2 aromatic heterocycles. The summed E-state index contributed by atoms with van der Waals surface area (Å²) < 4.78 is 1.69. The molecule has 2 atom stereocenters. The Morgan fingerprint density at radius 2 is 2.05 bits per heavy atom. The summed E-state index contributed by atoms with van der Waals surface area (Å²) in [6, 6.07) is 2.84. The summed E-state index contributed by atoms with van der Waals surface area (Å²) in [5.41, 5.74) is 1.91. The fourth-order valence-electron chi connectivity index (χ4n) is 3.16. The number of rotatable bonds is 2. The Kier molecular flexibility index (Phi) is 3.65. The van der Waals surface area contributed by atoms with Gasteiger partial charge in [0.25, 0.3) is 5.56 Å². The summed E-state index contributed by atoms with van der Waals surface area (Å²) in [6.45, 7) is 7.28. The van der Waals surface area contributed by atoms with E-state index in [2.05, 4.69) is 23.7 Å². The smallest absolute Gasteiger partial charge is 0.259 e. The molecule has 2 aromatic rings. The van der Waals surface area contributed by atoms with Crippen LogP contribution in [0.1, 0.15) is 44.5 Å². The molecule has 0 N–H and O–H groups in total. The molecule has 4 nitrogen and oxygen atoms in total. The second kappa shape index (κ2) is 5.30. The van der Waals surface area contributed by atoms with Gasteiger partial charge in [-0.3, -0.25) is 14.1 Å². The minimum Gasteiger partial charge on any atom is -0.292 e. The molecule has 0 unspecified atom stereocenters. The fraction of sp³-hybridized carbons (Fsp3) is 0.600. The zero-order chi connectivity index (χ0) is 14.3. The second-order valence-electron chi connectivity index (χ2n) is 5.88. The van der Waals surface area contributed by atoms with Gasteiger partial charge in [-0.2, -0.15) is 0 Å². The highest BCUT2D eigenvalue weighted by atomic mass is 32.1. The van der Waals surface area contributed by atoms with Gasteiger partial charge < -0.3 is 0 Å². The summed E-state index contributed by atoms with van der Waals surface area (Å²) in [5.74, 6) is 0. The summed E-state index contributed by atoms with van der Waals surface area (Å²) in [4.78, 5) is 20.1. The minimum atomic E-state index is 0.0427. The van der Waals surface area contributed by atoms with E-state index >= 15 is 0 Å². The predicted molar refractivity (Wildman–Crippen MR) is 82.4 cm³/mol. The molecule has 108 valence electrons. The molecule has 1 fully saturated rings. The highest BCUT2D eigenvalue weighted by Crippen LogP contribution is 2.24. The van der Waals surface area contributed by atoms with E-state index in [1.165, 1.54) is 30.6 Å². The van der Waals surface area contributed by atoms with Crippen molar-refractivity contribution in [2.24, 2.45) is 0 Å². The molecule has 3 rings (SSSR count). The van der Waals surface area contributed by atoms with E-state index in [9.17, 15) is 4.79 Å². The van der Waals surface area contributed by atoms with Gasteiger partial charge in [-0.15, -0.1) is 11.3 Å². The average molecular weight is 291 g/mol. The molecule has 0 amide bonds. The van der Waals surface area contributed by atoms with E-state index in [0.29, 0.717) is 12.1 Å². The van der Waals surface area contributed by atoms with Crippen LogP contribution in [-0.2, 0) is 6.54 Å². The van der Waals surface area contributed by atoms with Gasteiger partial charge in [0.1, 0.15) is 0 Å². The van der Waals surface area contributed by atoms with Gasteiger partial charge >= 0.3 is 0 Å². The van der Waals surface area contributed by atoms with E-state index in [4.69, 9.17) is 0 Å². The number of hydrogen-bond acceptors (Lipinski definition) is 4. The van der Waals surface area contributed by atoms with Crippen molar-refractivity contribution in [2.75, 3.05) is 0 Å². The molecule has 20 heavy (non-hydrogen) atoms. The second-order valence-corrected chi connectivity index (χ2v) is 6.72. The molecule has 0 aromatic carbocycles. The van der Waals surface area contributed by atoms with Crippen molar-refractivity contribution in [1.29, 1.82) is 0 Å². The lowest BCUT2D eigenvalue weighted by Crippen LogP contribution is -2.43. The molecule has 1 aliphatic heterocycles. The Balaban J connectivity index is 1.92. The van der Waals surface area contributed by atoms with Crippen LogP contribution in [-0.4, -0.2) is 26.4 Å². The maximum absolute atomic E-state index is 12.2. The lowest BCUT2D eigenvalue weighted by molar-refractivity contribution is 0.0938. The van der Waals surface area contributed by atoms with Gasteiger partial charge in [0.2, 0.25) is 0 Å². The molecule has 0 radical (unpaired) electrons. The van der Waals surface area contributed by atoms with Crippen molar-refractivity contribution in [3.8, 4) is 0 Å². The van der Waals surface area contributed by atoms with Crippen LogP contribution in [0, 0.1) is 6.92 Å². The maximum Gasteiger partial charge on any atom is 0.259 e. The van der Waals surface area contributed by atoms with E-state index in [1.54, 1.807) is 10.5 Å². The van der Waals surface area contributed by atoms with E-state index < -0.39 is 0 Å². The number of piperidine rings is 1. The van der Waals surface area contributed by atoms with Crippen LogP contribution < -0.4 is 5.56 Å². The summed E-state index contributed by atoms with van der Waals surface area (Å²) in [5, 5.41) is 1.99. The Labute approximate surface area is 123 Å². The van der Waals surface area contributed by atoms with E-state index in [-0.39, 0.29) is 5.56 Å². The number of nitrogens with zero attached hydrogens (tertiary/aromatic N) is 3. The van der Waals surface area contributed by atoms with Crippen molar-refractivity contribution in [1.82, 2.24) is 14.3 Å². The van der Waals surface area contributed by atoms with Gasteiger partial charge in [-0.05, 0) is 33.6 Å². The van der Waals surface area contributed by atoms with Gasteiger partial charge in [0.15, 0.2) is 4.96 Å². The Morgan fingerprint density at radius 3 is 2.75 bits per heavy atom. The van der Waals surface area contributed by atoms with Crippen LogP contribution in [0.2, 0.25) is 0 Å². The topological polar surface area (TPSA) is 37.6 Å². The number of aryl methyl sites for hydroxylation is 1. The van der Waals surface area contributed by atoms with Crippen molar-refractivity contribution >= 4 is 16.3 Å². The summed E-state index contributed by atoms with van der Waals surface area (Å²) in [7, 11) is 0. The zero-order valence-electron chi connectivity index (χ0n) is 12.3. The highest BCUT2D eigenvalue weighted by molar-refractivity contribution is 7.15. The van der Waals surface area contributed by atoms with Gasteiger partial charge in [-0.1, -0.05) is 6.42 Å². The van der Waals surface area contributed by atoms with Gasteiger partial charge in [-0.25, -0.2) is 4.98 Å². The molecule has 1 aliphatic rings. The molecule has 0 bridgehead atoms. The Hall–Kier alpha value is -1.20. The summed E-state index contributed by atoms with van der Waals surface area (Å²) >= 11 is 1.54.